The quantitative estimate of drug-likeness (QED) is 0.326. The van der Waals surface area contributed by atoms with Crippen molar-refractivity contribution in [1.29, 1.82) is 0 Å². The maximum absolute atomic E-state index is 12.5. The molecule has 0 spiro atoms. The molecule has 0 bridgehead atoms. The van der Waals surface area contributed by atoms with Gasteiger partial charge in [-0.25, -0.2) is 22.9 Å². The van der Waals surface area contributed by atoms with Gasteiger partial charge in [-0.2, -0.15) is 0 Å². The van der Waals surface area contributed by atoms with Crippen molar-refractivity contribution in [1.82, 2.24) is 15.0 Å². The highest BCUT2D eigenvalue weighted by Crippen LogP contribution is 2.12. The van der Waals surface area contributed by atoms with Gasteiger partial charge in [0.15, 0.2) is 0 Å². The molecule has 0 fully saturated rings. The van der Waals surface area contributed by atoms with Gasteiger partial charge >= 0.3 is 5.97 Å². The van der Waals surface area contributed by atoms with Gasteiger partial charge < -0.3 is 10.1 Å². The Labute approximate surface area is 200 Å². The zero-order chi connectivity index (χ0) is 25.0. The summed E-state index contributed by atoms with van der Waals surface area (Å²) in [7, 11) is -2.89. The average molecular weight is 490 g/mol. The van der Waals surface area contributed by atoms with Crippen LogP contribution in [0, 0.1) is 0 Å². The van der Waals surface area contributed by atoms with Crippen LogP contribution in [0.25, 0.3) is 0 Å². The number of sulfonamides is 1. The number of nitrogens with one attached hydrogen (secondary N) is 2. The van der Waals surface area contributed by atoms with Crippen LogP contribution < -0.4 is 10.0 Å². The standard InChI is InChI=1S/C24H31N3O6S/c1-3-4-5-6-7-8-22(28)25-16-15-18-9-12-20(13-10-18)34(31,32)27-23(29)19-11-14-21(26-17-19)24(30)33-2/h9-14,17H,3-8,15-16H2,1-2H3,(H,25,28)(H,27,29). The van der Waals surface area contributed by atoms with E-state index in [1.54, 1.807) is 12.1 Å². The molecule has 0 atom stereocenters. The van der Waals surface area contributed by atoms with Crippen LogP contribution in [0.2, 0.25) is 0 Å². The molecule has 2 amide bonds. The fourth-order valence-electron chi connectivity index (χ4n) is 3.15. The number of benzene rings is 1. The van der Waals surface area contributed by atoms with E-state index in [9.17, 15) is 22.8 Å². The summed E-state index contributed by atoms with van der Waals surface area (Å²) in [6.45, 7) is 2.61. The Hall–Kier alpha value is -3.27. The molecule has 0 aliphatic carbocycles. The number of ether oxygens (including phenoxy) is 1. The Kier molecular flexibility index (Phi) is 10.7. The minimum absolute atomic E-state index is 0.000611. The van der Waals surface area contributed by atoms with Gasteiger partial charge in [0, 0.05) is 19.2 Å². The molecule has 10 heteroatoms. The number of carbonyl (C=O) groups excluding carboxylic acids is 3. The summed E-state index contributed by atoms with van der Waals surface area (Å²) in [5.41, 5.74) is 0.839. The SMILES string of the molecule is CCCCCCCC(=O)NCCc1ccc(S(=O)(=O)NC(=O)c2ccc(C(=O)OC)nc2)cc1. The van der Waals surface area contributed by atoms with Crippen molar-refractivity contribution in [3.8, 4) is 0 Å². The third kappa shape index (κ3) is 8.58. The topological polar surface area (TPSA) is 132 Å². The summed E-state index contributed by atoms with van der Waals surface area (Å²) in [5, 5.41) is 2.88. The van der Waals surface area contributed by atoms with E-state index < -0.39 is 21.9 Å². The molecule has 0 saturated carbocycles. The molecule has 0 aliphatic heterocycles. The van der Waals surface area contributed by atoms with Gasteiger partial charge in [0.25, 0.3) is 15.9 Å². The van der Waals surface area contributed by atoms with Crippen molar-refractivity contribution in [3.05, 3.63) is 59.4 Å². The first kappa shape index (κ1) is 27.0. The minimum Gasteiger partial charge on any atom is -0.464 e. The lowest BCUT2D eigenvalue weighted by Gasteiger charge is -2.09. The second-order valence-electron chi connectivity index (χ2n) is 7.77. The molecule has 1 heterocycles. The Balaban J connectivity index is 1.84. The zero-order valence-corrected chi connectivity index (χ0v) is 20.3. The smallest absolute Gasteiger partial charge is 0.356 e. The molecule has 1 aromatic heterocycles. The van der Waals surface area contributed by atoms with Crippen LogP contribution in [-0.4, -0.2) is 44.8 Å². The van der Waals surface area contributed by atoms with Crippen molar-refractivity contribution >= 4 is 27.8 Å². The number of aromatic nitrogens is 1. The molecular weight excluding hydrogens is 458 g/mol. The van der Waals surface area contributed by atoms with E-state index in [1.807, 2.05) is 4.72 Å². The molecule has 2 rings (SSSR count). The largest absolute Gasteiger partial charge is 0.464 e. The fourth-order valence-corrected chi connectivity index (χ4v) is 4.13. The van der Waals surface area contributed by atoms with E-state index >= 15 is 0 Å². The fraction of sp³-hybridized carbons (Fsp3) is 0.417. The summed E-state index contributed by atoms with van der Waals surface area (Å²) < 4.78 is 31.6. The van der Waals surface area contributed by atoms with Gasteiger partial charge in [0.1, 0.15) is 5.69 Å². The van der Waals surface area contributed by atoms with E-state index in [0.29, 0.717) is 19.4 Å². The maximum atomic E-state index is 12.5. The maximum Gasteiger partial charge on any atom is 0.356 e. The molecule has 9 nitrogen and oxygen atoms in total. The first-order valence-electron chi connectivity index (χ1n) is 11.2. The molecular formula is C24H31N3O6S. The number of unbranched alkanes of at least 4 members (excludes halogenated alkanes) is 4. The number of methoxy groups -OCH3 is 1. The third-order valence-electron chi connectivity index (χ3n) is 5.12. The zero-order valence-electron chi connectivity index (χ0n) is 19.5. The predicted octanol–water partition coefficient (Wildman–Crippen LogP) is 3.01. The number of hydrogen-bond donors (Lipinski definition) is 2. The number of nitrogens with zero attached hydrogens (tertiary/aromatic N) is 1. The molecule has 2 aromatic rings. The molecule has 1 aromatic carbocycles. The first-order valence-corrected chi connectivity index (χ1v) is 12.7. The van der Waals surface area contributed by atoms with Crippen LogP contribution in [0.4, 0.5) is 0 Å². The van der Waals surface area contributed by atoms with Crippen LogP contribution in [0.15, 0.2) is 47.5 Å². The lowest BCUT2D eigenvalue weighted by atomic mass is 10.1. The van der Waals surface area contributed by atoms with Crippen molar-refractivity contribution < 1.29 is 27.5 Å². The summed E-state index contributed by atoms with van der Waals surface area (Å²) >= 11 is 0. The van der Waals surface area contributed by atoms with E-state index in [1.165, 1.54) is 44.2 Å². The number of carbonyl (C=O) groups is 3. The molecule has 184 valence electrons. The predicted molar refractivity (Wildman–Crippen MR) is 127 cm³/mol. The molecule has 0 aliphatic rings. The Morgan fingerprint density at radius 3 is 2.29 bits per heavy atom. The lowest BCUT2D eigenvalue weighted by molar-refractivity contribution is -0.121. The molecule has 0 saturated heterocycles. The van der Waals surface area contributed by atoms with E-state index in [4.69, 9.17) is 0 Å². The molecule has 34 heavy (non-hydrogen) atoms. The van der Waals surface area contributed by atoms with Crippen molar-refractivity contribution in [2.75, 3.05) is 13.7 Å². The Bertz CT molecular complexity index is 1070. The molecule has 0 unspecified atom stereocenters. The lowest BCUT2D eigenvalue weighted by Crippen LogP contribution is -2.30. The highest BCUT2D eigenvalue weighted by molar-refractivity contribution is 7.90. The minimum atomic E-state index is -4.10. The van der Waals surface area contributed by atoms with Gasteiger partial charge in [-0.05, 0) is 42.7 Å². The first-order chi connectivity index (χ1) is 16.3. The number of amides is 2. The Morgan fingerprint density at radius 2 is 1.68 bits per heavy atom. The van der Waals surface area contributed by atoms with Crippen LogP contribution in [-0.2, 0) is 26.0 Å². The summed E-state index contributed by atoms with van der Waals surface area (Å²) in [6, 6.07) is 8.64. The number of hydrogen-bond acceptors (Lipinski definition) is 7. The van der Waals surface area contributed by atoms with E-state index in [2.05, 4.69) is 22.0 Å². The van der Waals surface area contributed by atoms with Crippen LogP contribution in [0.3, 0.4) is 0 Å². The highest BCUT2D eigenvalue weighted by atomic mass is 32.2. The second kappa shape index (κ2) is 13.4. The summed E-state index contributed by atoms with van der Waals surface area (Å²) in [5.74, 6) is -1.51. The number of pyridine rings is 1. The van der Waals surface area contributed by atoms with Gasteiger partial charge in [-0.3, -0.25) is 9.59 Å². The van der Waals surface area contributed by atoms with Gasteiger partial charge in [0.05, 0.1) is 17.6 Å². The van der Waals surface area contributed by atoms with Crippen molar-refractivity contribution in [2.24, 2.45) is 0 Å². The summed E-state index contributed by atoms with van der Waals surface area (Å²) in [6.07, 6.45) is 7.63. The Morgan fingerprint density at radius 1 is 0.971 bits per heavy atom. The average Bonchev–Trinajstić information content (AvgIpc) is 2.83. The van der Waals surface area contributed by atoms with Gasteiger partial charge in [-0.15, -0.1) is 0 Å². The van der Waals surface area contributed by atoms with E-state index in [0.717, 1.165) is 31.0 Å². The highest BCUT2D eigenvalue weighted by Gasteiger charge is 2.19. The third-order valence-corrected chi connectivity index (χ3v) is 6.47. The van der Waals surface area contributed by atoms with Crippen molar-refractivity contribution in [2.45, 2.75) is 56.8 Å². The van der Waals surface area contributed by atoms with Crippen LogP contribution in [0.1, 0.15) is 71.9 Å². The van der Waals surface area contributed by atoms with Gasteiger partial charge in [-0.1, -0.05) is 44.7 Å². The monoisotopic (exact) mass is 489 g/mol. The number of rotatable bonds is 13. The number of esters is 1. The second-order valence-corrected chi connectivity index (χ2v) is 9.45. The molecule has 2 N–H and O–H groups in total. The van der Waals surface area contributed by atoms with Crippen LogP contribution >= 0.6 is 0 Å². The molecule has 0 radical (unpaired) electrons. The summed E-state index contributed by atoms with van der Waals surface area (Å²) in [4.78, 5) is 39.3. The van der Waals surface area contributed by atoms with E-state index in [-0.39, 0.29) is 22.1 Å². The van der Waals surface area contributed by atoms with Crippen molar-refractivity contribution in [3.63, 3.8) is 0 Å². The van der Waals surface area contributed by atoms with Gasteiger partial charge in [0.2, 0.25) is 5.91 Å². The van der Waals surface area contributed by atoms with Crippen LogP contribution in [0.5, 0.6) is 0 Å². The normalized spacial score (nSPS) is 11.0.